The molecule has 25 heavy (non-hydrogen) atoms. The number of aromatic hydroxyl groups is 4. The van der Waals surface area contributed by atoms with Crippen LogP contribution in [-0.4, -0.2) is 34.6 Å². The molecule has 0 fully saturated rings. The third kappa shape index (κ3) is 2.35. The Hall–Kier alpha value is -3.55. The van der Waals surface area contributed by atoms with Crippen molar-refractivity contribution in [3.8, 4) is 45.6 Å². The maximum Gasteiger partial charge on any atom is 0.208 e. The Morgan fingerprint density at radius 1 is 0.960 bits per heavy atom. The standard InChI is InChI=1S/C17H14O8/c1-23-10-5-7(3-4-9(10)18)8-6-25-16-11(12(8)19)13(20)17(24-2)15(22)14(16)21/h3-6,18,20-22H,1-2H3. The summed E-state index contributed by atoms with van der Waals surface area (Å²) in [5.74, 6) is -2.53. The van der Waals surface area contributed by atoms with E-state index < -0.39 is 28.4 Å². The smallest absolute Gasteiger partial charge is 0.208 e. The predicted molar refractivity (Wildman–Crippen MR) is 87.7 cm³/mol. The zero-order chi connectivity index (χ0) is 18.3. The number of ether oxygens (including phenoxy) is 2. The molecule has 130 valence electrons. The summed E-state index contributed by atoms with van der Waals surface area (Å²) in [6.07, 6.45) is 1.07. The molecule has 0 atom stereocenters. The molecule has 4 N–H and O–H groups in total. The van der Waals surface area contributed by atoms with Crippen LogP contribution in [0.2, 0.25) is 0 Å². The van der Waals surface area contributed by atoms with Crippen molar-refractivity contribution in [2.24, 2.45) is 0 Å². The molecule has 0 aliphatic carbocycles. The fourth-order valence-corrected chi connectivity index (χ4v) is 2.54. The lowest BCUT2D eigenvalue weighted by Crippen LogP contribution is -2.06. The molecule has 3 rings (SSSR count). The zero-order valence-corrected chi connectivity index (χ0v) is 13.2. The Bertz CT molecular complexity index is 1040. The maximum absolute atomic E-state index is 12.8. The van der Waals surface area contributed by atoms with Crippen LogP contribution in [0.5, 0.6) is 34.5 Å². The lowest BCUT2D eigenvalue weighted by molar-refractivity contribution is 0.330. The number of benzene rings is 2. The van der Waals surface area contributed by atoms with Crippen LogP contribution in [0.1, 0.15) is 0 Å². The monoisotopic (exact) mass is 346 g/mol. The Labute approximate surface area is 140 Å². The van der Waals surface area contributed by atoms with Gasteiger partial charge in [0.15, 0.2) is 22.8 Å². The number of fused-ring (bicyclic) bond motifs is 1. The van der Waals surface area contributed by atoms with Crippen LogP contribution < -0.4 is 14.9 Å². The first kappa shape index (κ1) is 16.3. The summed E-state index contributed by atoms with van der Waals surface area (Å²) in [6.45, 7) is 0. The summed E-state index contributed by atoms with van der Waals surface area (Å²) < 4.78 is 15.1. The van der Waals surface area contributed by atoms with E-state index in [-0.39, 0.29) is 28.0 Å². The van der Waals surface area contributed by atoms with Crippen molar-refractivity contribution in [2.75, 3.05) is 14.2 Å². The van der Waals surface area contributed by atoms with E-state index in [4.69, 9.17) is 13.9 Å². The minimum absolute atomic E-state index is 0.0493. The first-order valence-electron chi connectivity index (χ1n) is 7.04. The van der Waals surface area contributed by atoms with Crippen molar-refractivity contribution in [1.82, 2.24) is 0 Å². The predicted octanol–water partition coefficient (Wildman–Crippen LogP) is 2.30. The second-order valence-corrected chi connectivity index (χ2v) is 5.15. The second-order valence-electron chi connectivity index (χ2n) is 5.15. The van der Waals surface area contributed by atoms with Gasteiger partial charge in [-0.05, 0) is 17.7 Å². The highest BCUT2D eigenvalue weighted by Gasteiger charge is 2.25. The molecule has 0 aliphatic rings. The first-order chi connectivity index (χ1) is 11.9. The van der Waals surface area contributed by atoms with E-state index in [1.54, 1.807) is 0 Å². The molecule has 0 aliphatic heterocycles. The van der Waals surface area contributed by atoms with Crippen molar-refractivity contribution >= 4 is 11.0 Å². The van der Waals surface area contributed by atoms with Crippen LogP contribution in [0.4, 0.5) is 0 Å². The summed E-state index contributed by atoms with van der Waals surface area (Å²) in [5.41, 5.74) is -0.639. The van der Waals surface area contributed by atoms with Gasteiger partial charge < -0.3 is 34.3 Å². The minimum Gasteiger partial charge on any atom is -0.504 e. The van der Waals surface area contributed by atoms with E-state index >= 15 is 0 Å². The molecule has 3 aromatic rings. The van der Waals surface area contributed by atoms with Gasteiger partial charge in [-0.25, -0.2) is 0 Å². The van der Waals surface area contributed by atoms with E-state index in [2.05, 4.69) is 0 Å². The molecule has 2 aromatic carbocycles. The molecule has 0 radical (unpaired) electrons. The van der Waals surface area contributed by atoms with Crippen molar-refractivity contribution in [1.29, 1.82) is 0 Å². The zero-order valence-electron chi connectivity index (χ0n) is 13.2. The van der Waals surface area contributed by atoms with Gasteiger partial charge in [-0.3, -0.25) is 4.79 Å². The third-order valence-electron chi connectivity index (χ3n) is 3.79. The third-order valence-corrected chi connectivity index (χ3v) is 3.79. The minimum atomic E-state index is -0.741. The number of phenols is 4. The van der Waals surface area contributed by atoms with Gasteiger partial charge in [0, 0.05) is 0 Å². The van der Waals surface area contributed by atoms with Crippen molar-refractivity contribution in [3.05, 3.63) is 34.7 Å². The largest absolute Gasteiger partial charge is 0.504 e. The maximum atomic E-state index is 12.8. The molecule has 0 saturated carbocycles. The summed E-state index contributed by atoms with van der Waals surface area (Å²) in [7, 11) is 2.52. The topological polar surface area (TPSA) is 130 Å². The highest BCUT2D eigenvalue weighted by atomic mass is 16.5. The number of methoxy groups -OCH3 is 2. The normalized spacial score (nSPS) is 10.8. The molecular weight excluding hydrogens is 332 g/mol. The molecule has 8 heteroatoms. The average Bonchev–Trinajstić information content (AvgIpc) is 2.60. The van der Waals surface area contributed by atoms with E-state index in [0.717, 1.165) is 13.4 Å². The van der Waals surface area contributed by atoms with Crippen LogP contribution in [0.15, 0.2) is 33.7 Å². The fourth-order valence-electron chi connectivity index (χ4n) is 2.54. The number of phenolic OH excluding ortho intramolecular Hbond substituents is 4. The quantitative estimate of drug-likeness (QED) is 0.420. The molecule has 0 saturated heterocycles. The lowest BCUT2D eigenvalue weighted by Gasteiger charge is -2.11. The molecule has 8 nitrogen and oxygen atoms in total. The summed E-state index contributed by atoms with van der Waals surface area (Å²) in [4.78, 5) is 12.8. The number of rotatable bonds is 3. The van der Waals surface area contributed by atoms with Crippen LogP contribution in [0.3, 0.4) is 0 Å². The van der Waals surface area contributed by atoms with Gasteiger partial charge in [-0.15, -0.1) is 0 Å². The SMILES string of the molecule is COc1cc(-c2coc3c(O)c(O)c(OC)c(O)c3c2=O)ccc1O. The van der Waals surface area contributed by atoms with Gasteiger partial charge in [-0.2, -0.15) is 0 Å². The Morgan fingerprint density at radius 2 is 1.68 bits per heavy atom. The van der Waals surface area contributed by atoms with Gasteiger partial charge in [0.05, 0.1) is 19.8 Å². The molecule has 1 heterocycles. The molecule has 0 bridgehead atoms. The number of hydrogen-bond acceptors (Lipinski definition) is 8. The van der Waals surface area contributed by atoms with E-state index in [1.165, 1.54) is 25.3 Å². The molecule has 0 spiro atoms. The van der Waals surface area contributed by atoms with Crippen LogP contribution in [0.25, 0.3) is 22.1 Å². The molecule has 0 unspecified atom stereocenters. The van der Waals surface area contributed by atoms with Gasteiger partial charge >= 0.3 is 0 Å². The van der Waals surface area contributed by atoms with E-state index in [0.29, 0.717) is 5.56 Å². The second kappa shape index (κ2) is 5.82. The first-order valence-corrected chi connectivity index (χ1v) is 7.04. The van der Waals surface area contributed by atoms with Crippen LogP contribution >= 0.6 is 0 Å². The Morgan fingerprint density at radius 3 is 2.32 bits per heavy atom. The summed E-state index contributed by atoms with van der Waals surface area (Å²) >= 11 is 0. The fraction of sp³-hybridized carbons (Fsp3) is 0.118. The van der Waals surface area contributed by atoms with Gasteiger partial charge in [0.1, 0.15) is 11.6 Å². The van der Waals surface area contributed by atoms with Crippen molar-refractivity contribution in [2.45, 2.75) is 0 Å². The van der Waals surface area contributed by atoms with Gasteiger partial charge in [0.2, 0.25) is 22.7 Å². The lowest BCUT2D eigenvalue weighted by atomic mass is 10.0. The Balaban J connectivity index is 2.37. The van der Waals surface area contributed by atoms with Crippen molar-refractivity contribution < 1.29 is 34.3 Å². The molecular formula is C17H14O8. The highest BCUT2D eigenvalue weighted by Crippen LogP contribution is 2.48. The Kier molecular flexibility index (Phi) is 3.80. The number of hydrogen-bond donors (Lipinski definition) is 4. The summed E-state index contributed by atoms with van der Waals surface area (Å²) in [6, 6.07) is 4.22. The van der Waals surface area contributed by atoms with Crippen LogP contribution in [0, 0.1) is 0 Å². The molecule has 0 amide bonds. The van der Waals surface area contributed by atoms with E-state index in [1.807, 2.05) is 0 Å². The van der Waals surface area contributed by atoms with Crippen LogP contribution in [-0.2, 0) is 0 Å². The van der Waals surface area contributed by atoms with Gasteiger partial charge in [0.25, 0.3) is 0 Å². The van der Waals surface area contributed by atoms with Gasteiger partial charge in [-0.1, -0.05) is 6.07 Å². The molecule has 1 aromatic heterocycles. The van der Waals surface area contributed by atoms with Crippen molar-refractivity contribution in [3.63, 3.8) is 0 Å². The highest BCUT2D eigenvalue weighted by molar-refractivity contribution is 5.95. The summed E-state index contributed by atoms with van der Waals surface area (Å²) in [5, 5.41) is 39.3. The average molecular weight is 346 g/mol. The van der Waals surface area contributed by atoms with E-state index in [9.17, 15) is 25.2 Å².